The number of aryl methyl sites for hydroxylation is 2. The second-order valence-electron chi connectivity index (χ2n) is 9.42. The number of pyridine rings is 2. The molecular formula is C24H30N6O2S. The summed E-state index contributed by atoms with van der Waals surface area (Å²) in [6.45, 7) is 5.06. The lowest BCUT2D eigenvalue weighted by Crippen LogP contribution is -2.46. The topological polar surface area (TPSA) is 116 Å². The van der Waals surface area contributed by atoms with Crippen molar-refractivity contribution in [2.75, 3.05) is 30.8 Å². The molecule has 0 spiro atoms. The van der Waals surface area contributed by atoms with Gasteiger partial charge in [0.1, 0.15) is 15.5 Å². The van der Waals surface area contributed by atoms with E-state index in [9.17, 15) is 9.90 Å². The molecule has 1 aliphatic heterocycles. The molecule has 3 atom stereocenters. The molecule has 9 heteroatoms. The monoisotopic (exact) mass is 466 g/mol. The number of anilines is 2. The molecule has 0 radical (unpaired) electrons. The van der Waals surface area contributed by atoms with Gasteiger partial charge in [-0.05, 0) is 63.9 Å². The molecule has 0 bridgehead atoms. The lowest BCUT2D eigenvalue weighted by Gasteiger charge is -2.27. The summed E-state index contributed by atoms with van der Waals surface area (Å²) in [5.74, 6) is 0.763. The molecule has 174 valence electrons. The van der Waals surface area contributed by atoms with Crippen molar-refractivity contribution in [1.82, 2.24) is 20.6 Å². The number of nitrogens with one attached hydrogen (secondary N) is 2. The van der Waals surface area contributed by atoms with Gasteiger partial charge in [0.25, 0.3) is 5.91 Å². The predicted molar refractivity (Wildman–Crippen MR) is 132 cm³/mol. The SMILES string of the molecule is CN[C@@H]1CN(c2ccc3c(n2)CC[C@H](NC(=O)c2sc4nc(C)ccc4c2N)C3)C[C@]1(C)O. The summed E-state index contributed by atoms with van der Waals surface area (Å²) >= 11 is 1.35. The van der Waals surface area contributed by atoms with Gasteiger partial charge in [-0.2, -0.15) is 0 Å². The maximum Gasteiger partial charge on any atom is 0.263 e. The van der Waals surface area contributed by atoms with Crippen LogP contribution in [-0.4, -0.2) is 58.8 Å². The summed E-state index contributed by atoms with van der Waals surface area (Å²) in [6.07, 6.45) is 2.37. The van der Waals surface area contributed by atoms with E-state index in [0.29, 0.717) is 17.1 Å². The molecule has 3 aromatic heterocycles. The number of hydrogen-bond acceptors (Lipinski definition) is 8. The molecule has 1 fully saturated rings. The van der Waals surface area contributed by atoms with E-state index in [1.165, 1.54) is 11.3 Å². The minimum absolute atomic E-state index is 0.00961. The number of aliphatic hydroxyl groups is 1. The highest BCUT2D eigenvalue weighted by molar-refractivity contribution is 7.21. The average Bonchev–Trinajstić information content (AvgIpc) is 3.28. The van der Waals surface area contributed by atoms with Crippen LogP contribution in [0.4, 0.5) is 11.5 Å². The third kappa shape index (κ3) is 4.05. The van der Waals surface area contributed by atoms with E-state index in [4.69, 9.17) is 10.7 Å². The Morgan fingerprint density at radius 1 is 1.30 bits per heavy atom. The van der Waals surface area contributed by atoms with Crippen LogP contribution < -0.4 is 21.3 Å². The van der Waals surface area contributed by atoms with Crippen molar-refractivity contribution in [3.8, 4) is 0 Å². The molecule has 33 heavy (non-hydrogen) atoms. The van der Waals surface area contributed by atoms with Gasteiger partial charge in [0.2, 0.25) is 0 Å². The quantitative estimate of drug-likeness (QED) is 0.465. The first kappa shape index (κ1) is 22.1. The highest BCUT2D eigenvalue weighted by Gasteiger charge is 2.41. The molecule has 5 rings (SSSR count). The van der Waals surface area contributed by atoms with E-state index in [2.05, 4.69) is 26.6 Å². The van der Waals surface area contributed by atoms with Crippen LogP contribution in [0.3, 0.4) is 0 Å². The van der Waals surface area contributed by atoms with Gasteiger partial charge in [-0.1, -0.05) is 6.07 Å². The number of nitrogens with two attached hydrogens (primary N) is 1. The molecule has 0 saturated carbocycles. The lowest BCUT2D eigenvalue weighted by molar-refractivity contribution is 0.0574. The number of nitrogen functional groups attached to an aromatic ring is 1. The molecule has 0 unspecified atom stereocenters. The van der Waals surface area contributed by atoms with E-state index in [-0.39, 0.29) is 18.0 Å². The number of aromatic nitrogens is 2. The first-order valence-corrected chi connectivity index (χ1v) is 12.2. The first-order chi connectivity index (χ1) is 15.7. The number of carbonyl (C=O) groups is 1. The second-order valence-corrected chi connectivity index (χ2v) is 10.4. The molecular weight excluding hydrogens is 436 g/mol. The summed E-state index contributed by atoms with van der Waals surface area (Å²) in [4.78, 5) is 25.9. The van der Waals surface area contributed by atoms with Crippen LogP contribution in [0.2, 0.25) is 0 Å². The van der Waals surface area contributed by atoms with E-state index < -0.39 is 5.60 Å². The van der Waals surface area contributed by atoms with E-state index in [1.54, 1.807) is 0 Å². The van der Waals surface area contributed by atoms with Crippen molar-refractivity contribution >= 4 is 39.0 Å². The van der Waals surface area contributed by atoms with Crippen molar-refractivity contribution in [2.45, 2.75) is 50.8 Å². The number of fused-ring (bicyclic) bond motifs is 2. The first-order valence-electron chi connectivity index (χ1n) is 11.3. The van der Waals surface area contributed by atoms with E-state index >= 15 is 0 Å². The fourth-order valence-electron chi connectivity index (χ4n) is 4.96. The Morgan fingerprint density at radius 3 is 2.88 bits per heavy atom. The van der Waals surface area contributed by atoms with Gasteiger partial charge in [-0.25, -0.2) is 9.97 Å². The van der Waals surface area contributed by atoms with Crippen molar-refractivity contribution in [3.05, 3.63) is 46.1 Å². The van der Waals surface area contributed by atoms with Crippen LogP contribution in [0.15, 0.2) is 24.3 Å². The Morgan fingerprint density at radius 2 is 2.12 bits per heavy atom. The summed E-state index contributed by atoms with van der Waals surface area (Å²) in [7, 11) is 1.88. The maximum absolute atomic E-state index is 13.0. The molecule has 1 amide bonds. The van der Waals surface area contributed by atoms with Crippen LogP contribution in [0, 0.1) is 6.92 Å². The second kappa shape index (κ2) is 8.23. The number of nitrogens with zero attached hydrogens (tertiary/aromatic N) is 3. The molecule has 0 aromatic carbocycles. The standard InChI is InChI=1S/C24H30N6O2S/c1-13-4-7-16-20(25)21(33-23(16)27-13)22(31)28-15-6-8-17-14(10-15)5-9-19(29-17)30-11-18(26-3)24(2,32)12-30/h4-5,7,9,15,18,26,32H,6,8,10-12,25H2,1-3H3,(H,28,31)/t15-,18+,24-/m0/s1. The fraction of sp³-hybridized carbons (Fsp3) is 0.458. The Hall–Kier alpha value is -2.75. The van der Waals surface area contributed by atoms with Crippen molar-refractivity contribution in [3.63, 3.8) is 0 Å². The van der Waals surface area contributed by atoms with Gasteiger partial charge in [0.05, 0.1) is 17.3 Å². The van der Waals surface area contributed by atoms with E-state index in [1.807, 2.05) is 39.1 Å². The summed E-state index contributed by atoms with van der Waals surface area (Å²) in [6, 6.07) is 8.02. The summed E-state index contributed by atoms with van der Waals surface area (Å²) in [5.41, 5.74) is 9.12. The number of hydrogen-bond donors (Lipinski definition) is 4. The van der Waals surface area contributed by atoms with Crippen LogP contribution in [0.5, 0.6) is 0 Å². The molecule has 5 N–H and O–H groups in total. The number of amides is 1. The normalized spacial score (nSPS) is 24.8. The zero-order valence-corrected chi connectivity index (χ0v) is 20.0. The minimum Gasteiger partial charge on any atom is -0.397 e. The van der Waals surface area contributed by atoms with Gasteiger partial charge >= 0.3 is 0 Å². The van der Waals surface area contributed by atoms with Crippen molar-refractivity contribution in [2.24, 2.45) is 0 Å². The molecule has 1 aliphatic carbocycles. The van der Waals surface area contributed by atoms with Crippen LogP contribution >= 0.6 is 11.3 Å². The van der Waals surface area contributed by atoms with Gasteiger partial charge in [-0.3, -0.25) is 4.79 Å². The summed E-state index contributed by atoms with van der Waals surface area (Å²) in [5, 5.41) is 17.8. The molecule has 4 heterocycles. The molecule has 3 aromatic rings. The Labute approximate surface area is 197 Å². The largest absolute Gasteiger partial charge is 0.397 e. The van der Waals surface area contributed by atoms with Gasteiger partial charge in [0, 0.05) is 35.9 Å². The average molecular weight is 467 g/mol. The third-order valence-corrected chi connectivity index (χ3v) is 7.98. The van der Waals surface area contributed by atoms with Gasteiger partial charge < -0.3 is 26.4 Å². The van der Waals surface area contributed by atoms with Crippen LogP contribution in [0.25, 0.3) is 10.2 Å². The van der Waals surface area contributed by atoms with Crippen molar-refractivity contribution in [1.29, 1.82) is 0 Å². The highest BCUT2D eigenvalue weighted by Crippen LogP contribution is 2.33. The number of carbonyl (C=O) groups excluding carboxylic acids is 1. The number of rotatable bonds is 4. The molecule has 2 aliphatic rings. The zero-order chi connectivity index (χ0) is 23.3. The van der Waals surface area contributed by atoms with Gasteiger partial charge in [-0.15, -0.1) is 11.3 Å². The number of likely N-dealkylation sites (N-methyl/N-ethyl adjacent to an activating group) is 1. The number of β-amino-alcohol motifs (C(OH)–C–C–N with tert-alkyl or cyclic N) is 1. The molecule has 8 nitrogen and oxygen atoms in total. The van der Waals surface area contributed by atoms with E-state index in [0.717, 1.165) is 58.8 Å². The molecule has 1 saturated heterocycles. The minimum atomic E-state index is -0.787. The van der Waals surface area contributed by atoms with Gasteiger partial charge in [0.15, 0.2) is 0 Å². The fourth-order valence-corrected chi connectivity index (χ4v) is 6.01. The Kier molecular flexibility index (Phi) is 5.50. The Balaban J connectivity index is 1.28. The zero-order valence-electron chi connectivity index (χ0n) is 19.2. The van der Waals surface area contributed by atoms with Crippen LogP contribution in [-0.2, 0) is 12.8 Å². The maximum atomic E-state index is 13.0. The highest BCUT2D eigenvalue weighted by atomic mass is 32.1. The Bertz CT molecular complexity index is 1220. The summed E-state index contributed by atoms with van der Waals surface area (Å²) < 4.78 is 0. The predicted octanol–water partition coefficient (Wildman–Crippen LogP) is 2.03. The van der Waals surface area contributed by atoms with Crippen molar-refractivity contribution < 1.29 is 9.90 Å². The van der Waals surface area contributed by atoms with Crippen LogP contribution in [0.1, 0.15) is 40.0 Å². The number of thiophene rings is 1. The third-order valence-electron chi connectivity index (χ3n) is 6.86. The lowest BCUT2D eigenvalue weighted by atomic mass is 9.91. The smallest absolute Gasteiger partial charge is 0.263 e.